The molecule has 0 aliphatic heterocycles. The maximum atomic E-state index is 12.9. The molecule has 1 saturated carbocycles. The summed E-state index contributed by atoms with van der Waals surface area (Å²) in [5.74, 6) is -1.21. The van der Waals surface area contributed by atoms with Gasteiger partial charge in [-0.15, -0.1) is 0 Å². The average Bonchev–Trinajstić information content (AvgIpc) is 3.07. The third-order valence-electron chi connectivity index (χ3n) is 4.33. The summed E-state index contributed by atoms with van der Waals surface area (Å²) in [4.78, 5) is 37.0. The Bertz CT molecular complexity index is 767. The molecule has 1 aromatic carbocycles. The number of carbonyl (C=O) groups is 3. The fourth-order valence-electron chi connectivity index (χ4n) is 3.02. The van der Waals surface area contributed by atoms with E-state index < -0.39 is 34.6 Å². The fourth-order valence-corrected chi connectivity index (χ4v) is 3.25. The van der Waals surface area contributed by atoms with Gasteiger partial charge in [0.25, 0.3) is 0 Å². The molecule has 11 heteroatoms. The number of carbonyl (C=O) groups excluding carboxylic acids is 3. The van der Waals surface area contributed by atoms with Gasteiger partial charge in [-0.2, -0.15) is 13.2 Å². The number of alkyl halides is 3. The van der Waals surface area contributed by atoms with Crippen LogP contribution < -0.4 is 16.0 Å². The summed E-state index contributed by atoms with van der Waals surface area (Å²) in [5, 5.41) is 6.75. The highest BCUT2D eigenvalue weighted by molar-refractivity contribution is 6.31. The number of imide groups is 1. The maximum Gasteiger partial charge on any atom is 0.417 e. The summed E-state index contributed by atoms with van der Waals surface area (Å²) < 4.78 is 38.6. The first-order chi connectivity index (χ1) is 13.5. The largest absolute Gasteiger partial charge is 0.417 e. The fraction of sp³-hybridized carbons (Fsp3) is 0.500. The molecule has 1 aliphatic rings. The van der Waals surface area contributed by atoms with Crippen LogP contribution in [0, 0.1) is 0 Å². The topological polar surface area (TPSA) is 90.5 Å². The predicted molar refractivity (Wildman–Crippen MR) is 102 cm³/mol. The van der Waals surface area contributed by atoms with Crippen LogP contribution in [0.5, 0.6) is 0 Å². The second-order valence-electron chi connectivity index (χ2n) is 6.92. The first-order valence-electron chi connectivity index (χ1n) is 9.00. The third kappa shape index (κ3) is 7.54. The highest BCUT2D eigenvalue weighted by atomic mass is 35.5. The normalized spacial score (nSPS) is 14.7. The van der Waals surface area contributed by atoms with Crippen LogP contribution in [0.15, 0.2) is 18.2 Å². The van der Waals surface area contributed by atoms with Gasteiger partial charge in [0, 0.05) is 11.7 Å². The zero-order chi connectivity index (χ0) is 21.6. The molecule has 0 aromatic heterocycles. The Kier molecular flexibility index (Phi) is 7.86. The zero-order valence-electron chi connectivity index (χ0n) is 15.7. The van der Waals surface area contributed by atoms with Gasteiger partial charge in [0.15, 0.2) is 0 Å². The molecule has 0 heterocycles. The van der Waals surface area contributed by atoms with E-state index in [0.29, 0.717) is 0 Å². The molecular formula is C18H22ClF3N4O3. The SMILES string of the molecule is CN(CC(=O)NC(=O)NC1CCCC1)CC(=O)Nc1ccc(Cl)c(C(F)(F)F)c1. The van der Waals surface area contributed by atoms with Gasteiger partial charge in [0.05, 0.1) is 23.7 Å². The molecule has 29 heavy (non-hydrogen) atoms. The summed E-state index contributed by atoms with van der Waals surface area (Å²) in [6.45, 7) is -0.498. The molecule has 2 rings (SSSR count). The molecule has 7 nitrogen and oxygen atoms in total. The van der Waals surface area contributed by atoms with Gasteiger partial charge >= 0.3 is 12.2 Å². The molecule has 3 N–H and O–H groups in total. The summed E-state index contributed by atoms with van der Waals surface area (Å²) in [7, 11) is 1.47. The van der Waals surface area contributed by atoms with E-state index in [4.69, 9.17) is 11.6 Å². The van der Waals surface area contributed by atoms with E-state index in [1.807, 2.05) is 0 Å². The minimum Gasteiger partial charge on any atom is -0.335 e. The van der Waals surface area contributed by atoms with Crippen molar-refractivity contribution in [2.45, 2.75) is 37.9 Å². The van der Waals surface area contributed by atoms with Gasteiger partial charge in [-0.1, -0.05) is 24.4 Å². The molecule has 0 atom stereocenters. The summed E-state index contributed by atoms with van der Waals surface area (Å²) in [6, 6.07) is 2.50. The monoisotopic (exact) mass is 434 g/mol. The average molecular weight is 435 g/mol. The number of likely N-dealkylation sites (N-methyl/N-ethyl adjacent to an activating group) is 1. The highest BCUT2D eigenvalue weighted by Crippen LogP contribution is 2.36. The number of urea groups is 1. The van der Waals surface area contributed by atoms with Crippen molar-refractivity contribution in [3.05, 3.63) is 28.8 Å². The molecule has 160 valence electrons. The number of halogens is 4. The number of anilines is 1. The van der Waals surface area contributed by atoms with E-state index in [1.165, 1.54) is 18.0 Å². The van der Waals surface area contributed by atoms with Crippen molar-refractivity contribution in [2.75, 3.05) is 25.5 Å². The lowest BCUT2D eigenvalue weighted by Crippen LogP contribution is -2.47. The van der Waals surface area contributed by atoms with Crippen molar-refractivity contribution in [3.63, 3.8) is 0 Å². The van der Waals surface area contributed by atoms with Crippen LogP contribution in [0.25, 0.3) is 0 Å². The minimum atomic E-state index is -4.65. The predicted octanol–water partition coefficient (Wildman–Crippen LogP) is 3.00. The molecule has 0 bridgehead atoms. The Morgan fingerprint density at radius 2 is 1.76 bits per heavy atom. The first-order valence-corrected chi connectivity index (χ1v) is 9.38. The summed E-state index contributed by atoms with van der Waals surface area (Å²) in [5.41, 5.74) is -1.13. The van der Waals surface area contributed by atoms with Gasteiger partial charge in [0.2, 0.25) is 11.8 Å². The van der Waals surface area contributed by atoms with Gasteiger partial charge < -0.3 is 10.6 Å². The van der Waals surface area contributed by atoms with E-state index in [1.54, 1.807) is 0 Å². The van der Waals surface area contributed by atoms with Gasteiger partial charge in [-0.05, 0) is 38.1 Å². The van der Waals surface area contributed by atoms with Crippen molar-refractivity contribution in [3.8, 4) is 0 Å². The van der Waals surface area contributed by atoms with Crippen LogP contribution in [-0.4, -0.2) is 48.9 Å². The van der Waals surface area contributed by atoms with Gasteiger partial charge in [0.1, 0.15) is 0 Å². The smallest absolute Gasteiger partial charge is 0.335 e. The second kappa shape index (κ2) is 9.93. The molecule has 0 spiro atoms. The Labute approximate surface area is 170 Å². The summed E-state index contributed by atoms with van der Waals surface area (Å²) >= 11 is 5.54. The minimum absolute atomic E-state index is 0.0623. The number of nitrogens with one attached hydrogen (secondary N) is 3. The summed E-state index contributed by atoms with van der Waals surface area (Å²) in [6.07, 6.45) is -0.819. The number of amides is 4. The number of hydrogen-bond donors (Lipinski definition) is 3. The van der Waals surface area contributed by atoms with Gasteiger partial charge in [-0.25, -0.2) is 4.79 Å². The lowest BCUT2D eigenvalue weighted by atomic mass is 10.2. The zero-order valence-corrected chi connectivity index (χ0v) is 16.5. The molecule has 4 amide bonds. The molecule has 0 radical (unpaired) electrons. The van der Waals surface area contributed by atoms with Crippen molar-refractivity contribution >= 4 is 35.1 Å². The third-order valence-corrected chi connectivity index (χ3v) is 4.66. The number of benzene rings is 1. The van der Waals surface area contributed by atoms with Crippen molar-refractivity contribution in [2.24, 2.45) is 0 Å². The number of rotatable bonds is 6. The van der Waals surface area contributed by atoms with Crippen LogP contribution in [0.1, 0.15) is 31.2 Å². The van der Waals surface area contributed by atoms with Gasteiger partial charge in [-0.3, -0.25) is 19.8 Å². The Morgan fingerprint density at radius 1 is 1.14 bits per heavy atom. The Balaban J connectivity index is 1.79. The van der Waals surface area contributed by atoms with Crippen molar-refractivity contribution in [1.29, 1.82) is 0 Å². The number of hydrogen-bond acceptors (Lipinski definition) is 4. The second-order valence-corrected chi connectivity index (χ2v) is 7.32. The van der Waals surface area contributed by atoms with Crippen LogP contribution >= 0.6 is 11.6 Å². The molecule has 1 fully saturated rings. The number of nitrogens with zero attached hydrogens (tertiary/aromatic N) is 1. The highest BCUT2D eigenvalue weighted by Gasteiger charge is 2.33. The maximum absolute atomic E-state index is 12.9. The molecule has 1 aromatic rings. The van der Waals surface area contributed by atoms with Crippen LogP contribution in [-0.2, 0) is 15.8 Å². The van der Waals surface area contributed by atoms with Crippen molar-refractivity contribution < 1.29 is 27.6 Å². The van der Waals surface area contributed by atoms with E-state index >= 15 is 0 Å². The molecule has 1 aliphatic carbocycles. The van der Waals surface area contributed by atoms with E-state index in [9.17, 15) is 27.6 Å². The van der Waals surface area contributed by atoms with Crippen LogP contribution in [0.3, 0.4) is 0 Å². The lowest BCUT2D eigenvalue weighted by molar-refractivity contribution is -0.137. The molecule has 0 saturated heterocycles. The quantitative estimate of drug-likeness (QED) is 0.642. The molecular weight excluding hydrogens is 413 g/mol. The van der Waals surface area contributed by atoms with E-state index in [2.05, 4.69) is 16.0 Å². The Hall–Kier alpha value is -2.33. The first kappa shape index (κ1) is 23.0. The van der Waals surface area contributed by atoms with Crippen LogP contribution in [0.4, 0.5) is 23.7 Å². The van der Waals surface area contributed by atoms with Crippen LogP contribution in [0.2, 0.25) is 5.02 Å². The standard InChI is InChI=1S/C18H22ClF3N4O3/c1-26(10-16(28)25-17(29)24-11-4-2-3-5-11)9-15(27)23-12-6-7-14(19)13(8-12)18(20,21)22/h6-8,11H,2-5,9-10H2,1H3,(H,23,27)(H2,24,25,28,29). The van der Waals surface area contributed by atoms with Crippen molar-refractivity contribution in [1.82, 2.24) is 15.5 Å². The Morgan fingerprint density at radius 3 is 2.38 bits per heavy atom. The van der Waals surface area contributed by atoms with E-state index in [-0.39, 0.29) is 24.8 Å². The van der Waals surface area contributed by atoms with E-state index in [0.717, 1.165) is 37.8 Å². The molecule has 0 unspecified atom stereocenters. The lowest BCUT2D eigenvalue weighted by Gasteiger charge is -2.17.